The second kappa shape index (κ2) is 1.99. The lowest BCUT2D eigenvalue weighted by atomic mass is 10.3. The van der Waals surface area contributed by atoms with E-state index in [2.05, 4.69) is 45.8 Å². The molecule has 1 aromatic heterocycles. The van der Waals surface area contributed by atoms with E-state index in [1.54, 1.807) is 0 Å². The molecular formula is C8H8BrN. The third kappa shape index (κ3) is 0.686. The second-order valence-corrected chi connectivity index (χ2v) is 3.35. The standard InChI is InChI=1S/C8H8BrN/c1-10-7-4-2-3-6(7)5-8(10)9/h2-3,5H,4H2,1H3. The van der Waals surface area contributed by atoms with Gasteiger partial charge in [-0.15, -0.1) is 0 Å². The highest BCUT2D eigenvalue weighted by Gasteiger charge is 2.10. The number of hydrogen-bond acceptors (Lipinski definition) is 0. The summed E-state index contributed by atoms with van der Waals surface area (Å²) in [5.41, 5.74) is 2.77. The van der Waals surface area contributed by atoms with Crippen molar-refractivity contribution in [1.82, 2.24) is 4.57 Å². The van der Waals surface area contributed by atoms with Crippen LogP contribution in [0.5, 0.6) is 0 Å². The van der Waals surface area contributed by atoms with Crippen LogP contribution in [0.1, 0.15) is 11.3 Å². The highest BCUT2D eigenvalue weighted by molar-refractivity contribution is 9.10. The molecule has 0 saturated carbocycles. The van der Waals surface area contributed by atoms with Crippen LogP contribution in [-0.4, -0.2) is 4.57 Å². The van der Waals surface area contributed by atoms with E-state index in [1.807, 2.05) is 0 Å². The molecule has 0 radical (unpaired) electrons. The van der Waals surface area contributed by atoms with E-state index in [0.29, 0.717) is 0 Å². The Morgan fingerprint density at radius 2 is 2.40 bits per heavy atom. The number of fused-ring (bicyclic) bond motifs is 1. The van der Waals surface area contributed by atoms with Crippen LogP contribution in [0.3, 0.4) is 0 Å². The lowest BCUT2D eigenvalue weighted by Gasteiger charge is -1.98. The summed E-state index contributed by atoms with van der Waals surface area (Å²) in [4.78, 5) is 0. The van der Waals surface area contributed by atoms with Gasteiger partial charge in [-0.05, 0) is 27.6 Å². The summed E-state index contributed by atoms with van der Waals surface area (Å²) in [5.74, 6) is 0. The van der Waals surface area contributed by atoms with Crippen molar-refractivity contribution in [3.8, 4) is 0 Å². The van der Waals surface area contributed by atoms with Gasteiger partial charge < -0.3 is 4.57 Å². The van der Waals surface area contributed by atoms with Crippen LogP contribution < -0.4 is 0 Å². The van der Waals surface area contributed by atoms with Gasteiger partial charge >= 0.3 is 0 Å². The van der Waals surface area contributed by atoms with Gasteiger partial charge in [-0.25, -0.2) is 0 Å². The van der Waals surface area contributed by atoms with E-state index in [-0.39, 0.29) is 0 Å². The molecule has 1 aromatic rings. The SMILES string of the molecule is Cn1c(Br)cc2c1CC=C2. The van der Waals surface area contributed by atoms with Gasteiger partial charge in [0, 0.05) is 19.2 Å². The number of allylic oxidation sites excluding steroid dienone is 1. The van der Waals surface area contributed by atoms with Crippen LogP contribution in [0.4, 0.5) is 0 Å². The van der Waals surface area contributed by atoms with Crippen LogP contribution in [0.2, 0.25) is 0 Å². The maximum Gasteiger partial charge on any atom is 0.0852 e. The molecule has 1 heterocycles. The zero-order chi connectivity index (χ0) is 7.14. The number of halogens is 1. The molecule has 1 aliphatic rings. The van der Waals surface area contributed by atoms with Crippen molar-refractivity contribution in [3.63, 3.8) is 0 Å². The van der Waals surface area contributed by atoms with Gasteiger partial charge in [-0.1, -0.05) is 12.2 Å². The predicted molar refractivity (Wildman–Crippen MR) is 45.9 cm³/mol. The fourth-order valence-corrected chi connectivity index (χ4v) is 1.79. The smallest absolute Gasteiger partial charge is 0.0852 e. The molecular weight excluding hydrogens is 190 g/mol. The van der Waals surface area contributed by atoms with E-state index in [4.69, 9.17) is 0 Å². The lowest BCUT2D eigenvalue weighted by molar-refractivity contribution is 0.841. The Hall–Kier alpha value is -0.500. The van der Waals surface area contributed by atoms with Crippen molar-refractivity contribution in [2.24, 2.45) is 7.05 Å². The third-order valence-corrected chi connectivity index (χ3v) is 2.70. The summed E-state index contributed by atoms with van der Waals surface area (Å²) in [6.07, 6.45) is 5.44. The number of rotatable bonds is 0. The van der Waals surface area contributed by atoms with Gasteiger partial charge in [0.25, 0.3) is 0 Å². The summed E-state index contributed by atoms with van der Waals surface area (Å²) >= 11 is 3.47. The molecule has 0 aromatic carbocycles. The van der Waals surface area contributed by atoms with Crippen molar-refractivity contribution < 1.29 is 0 Å². The fraction of sp³-hybridized carbons (Fsp3) is 0.250. The van der Waals surface area contributed by atoms with E-state index in [9.17, 15) is 0 Å². The zero-order valence-corrected chi connectivity index (χ0v) is 7.35. The molecule has 2 heteroatoms. The molecule has 52 valence electrons. The van der Waals surface area contributed by atoms with Crippen molar-refractivity contribution in [2.75, 3.05) is 0 Å². The predicted octanol–water partition coefficient (Wildman–Crippen LogP) is 2.36. The molecule has 10 heavy (non-hydrogen) atoms. The summed E-state index contributed by atoms with van der Waals surface area (Å²) in [7, 11) is 2.08. The Kier molecular flexibility index (Phi) is 1.24. The fourth-order valence-electron chi connectivity index (χ4n) is 1.33. The van der Waals surface area contributed by atoms with E-state index in [0.717, 1.165) is 6.42 Å². The van der Waals surface area contributed by atoms with Gasteiger partial charge in [0.15, 0.2) is 0 Å². The Morgan fingerprint density at radius 1 is 1.60 bits per heavy atom. The molecule has 2 rings (SSSR count). The Labute approximate surface area is 68.5 Å². The van der Waals surface area contributed by atoms with Gasteiger partial charge in [-0.2, -0.15) is 0 Å². The quantitative estimate of drug-likeness (QED) is 0.603. The van der Waals surface area contributed by atoms with Gasteiger partial charge in [0.05, 0.1) is 4.60 Å². The van der Waals surface area contributed by atoms with E-state index >= 15 is 0 Å². The first-order chi connectivity index (χ1) is 4.79. The van der Waals surface area contributed by atoms with E-state index in [1.165, 1.54) is 15.9 Å². The summed E-state index contributed by atoms with van der Waals surface area (Å²) in [6, 6.07) is 2.15. The Morgan fingerprint density at radius 3 is 3.10 bits per heavy atom. The monoisotopic (exact) mass is 197 g/mol. The average molecular weight is 198 g/mol. The molecule has 0 saturated heterocycles. The Balaban J connectivity index is 2.67. The molecule has 0 fully saturated rings. The van der Waals surface area contributed by atoms with Crippen molar-refractivity contribution in [2.45, 2.75) is 6.42 Å². The highest BCUT2D eigenvalue weighted by Crippen LogP contribution is 2.25. The summed E-state index contributed by atoms with van der Waals surface area (Å²) < 4.78 is 3.34. The molecule has 0 amide bonds. The maximum absolute atomic E-state index is 3.47. The van der Waals surface area contributed by atoms with E-state index < -0.39 is 0 Å². The van der Waals surface area contributed by atoms with Crippen LogP contribution in [0, 0.1) is 0 Å². The van der Waals surface area contributed by atoms with Crippen LogP contribution >= 0.6 is 15.9 Å². The molecule has 0 spiro atoms. The van der Waals surface area contributed by atoms with Crippen molar-refractivity contribution in [1.29, 1.82) is 0 Å². The molecule has 0 aliphatic heterocycles. The number of aromatic nitrogens is 1. The molecule has 0 atom stereocenters. The Bertz CT molecular complexity index is 296. The third-order valence-electron chi connectivity index (χ3n) is 1.94. The van der Waals surface area contributed by atoms with Gasteiger partial charge in [-0.3, -0.25) is 0 Å². The van der Waals surface area contributed by atoms with Crippen molar-refractivity contribution in [3.05, 3.63) is 28.0 Å². The maximum atomic E-state index is 3.47. The van der Waals surface area contributed by atoms with Crippen molar-refractivity contribution >= 4 is 22.0 Å². The summed E-state index contributed by atoms with van der Waals surface area (Å²) in [6.45, 7) is 0. The first kappa shape index (κ1) is 6.23. The minimum Gasteiger partial charge on any atom is -0.342 e. The minimum atomic E-state index is 1.08. The number of hydrogen-bond donors (Lipinski definition) is 0. The normalized spacial score (nSPS) is 14.2. The first-order valence-electron chi connectivity index (χ1n) is 3.29. The van der Waals surface area contributed by atoms with Crippen LogP contribution in [-0.2, 0) is 13.5 Å². The zero-order valence-electron chi connectivity index (χ0n) is 5.76. The molecule has 1 nitrogen and oxygen atoms in total. The second-order valence-electron chi connectivity index (χ2n) is 2.53. The summed E-state index contributed by atoms with van der Waals surface area (Å²) in [5, 5.41) is 0. The molecule has 0 bridgehead atoms. The molecule has 1 aliphatic carbocycles. The van der Waals surface area contributed by atoms with Gasteiger partial charge in [0.2, 0.25) is 0 Å². The first-order valence-corrected chi connectivity index (χ1v) is 4.09. The lowest BCUT2D eigenvalue weighted by Crippen LogP contribution is -1.93. The molecule has 0 unspecified atom stereocenters. The van der Waals surface area contributed by atoms with Gasteiger partial charge in [0.1, 0.15) is 0 Å². The topological polar surface area (TPSA) is 4.93 Å². The largest absolute Gasteiger partial charge is 0.342 e. The molecule has 0 N–H and O–H groups in total. The minimum absolute atomic E-state index is 1.08. The highest BCUT2D eigenvalue weighted by atomic mass is 79.9. The van der Waals surface area contributed by atoms with Crippen LogP contribution in [0.15, 0.2) is 16.7 Å². The number of nitrogens with zero attached hydrogens (tertiary/aromatic N) is 1. The average Bonchev–Trinajstić information content (AvgIpc) is 2.41. The van der Waals surface area contributed by atoms with Crippen LogP contribution in [0.25, 0.3) is 6.08 Å².